The second-order valence-electron chi connectivity index (χ2n) is 7.78. The Hall–Kier alpha value is -1.10. The van der Waals surface area contributed by atoms with Gasteiger partial charge in [0.05, 0.1) is 34.9 Å². The van der Waals surface area contributed by atoms with Crippen molar-refractivity contribution in [3.8, 4) is 0 Å². The molecule has 3 aliphatic carbocycles. The smallest absolute Gasteiger partial charge is 0.256 e. The standard InChI is InChI=1S/C18H20ClNO3/c1-7-2-3-8(12(19)4-7)18(23)20-13-6-9-10-5-11(14(9)17(13)22)15(20)16(10)21/h2-4,9-11,13-17,21-22H,5-6H2,1H3/t9-,10-,11+,13+,14+,15+,16-,17-/m1/s1. The third-order valence-corrected chi connectivity index (χ3v) is 7.19. The first-order valence-corrected chi connectivity index (χ1v) is 8.82. The second kappa shape index (κ2) is 4.50. The number of aliphatic hydroxyl groups is 2. The van der Waals surface area contributed by atoms with Gasteiger partial charge in [0.2, 0.25) is 0 Å². The summed E-state index contributed by atoms with van der Waals surface area (Å²) in [6.07, 6.45) is 0.852. The van der Waals surface area contributed by atoms with Crippen molar-refractivity contribution in [3.63, 3.8) is 0 Å². The fraction of sp³-hybridized carbons (Fsp3) is 0.611. The average Bonchev–Trinajstić information content (AvgIpc) is 3.05. The molecule has 0 aromatic heterocycles. The molecule has 3 saturated carbocycles. The van der Waals surface area contributed by atoms with Crippen LogP contribution in [0, 0.1) is 30.6 Å². The van der Waals surface area contributed by atoms with Crippen LogP contribution in [0.25, 0.3) is 0 Å². The molecule has 1 aromatic carbocycles. The van der Waals surface area contributed by atoms with Crippen molar-refractivity contribution in [3.05, 3.63) is 34.3 Å². The van der Waals surface area contributed by atoms with Crippen LogP contribution < -0.4 is 0 Å². The molecule has 5 rings (SSSR count). The van der Waals surface area contributed by atoms with Gasteiger partial charge in [-0.15, -0.1) is 0 Å². The maximum Gasteiger partial charge on any atom is 0.256 e. The quantitative estimate of drug-likeness (QED) is 0.824. The fourth-order valence-electron chi connectivity index (χ4n) is 6.12. The van der Waals surface area contributed by atoms with Crippen molar-refractivity contribution < 1.29 is 15.0 Å². The predicted octanol–water partition coefficient (Wildman–Crippen LogP) is 1.85. The molecule has 0 spiro atoms. The van der Waals surface area contributed by atoms with E-state index in [9.17, 15) is 15.0 Å². The van der Waals surface area contributed by atoms with Gasteiger partial charge < -0.3 is 15.1 Å². The molecule has 8 atom stereocenters. The number of carbonyl (C=O) groups excluding carboxylic acids is 1. The van der Waals surface area contributed by atoms with Gasteiger partial charge in [-0.1, -0.05) is 17.7 Å². The summed E-state index contributed by atoms with van der Waals surface area (Å²) in [7, 11) is 0. The van der Waals surface area contributed by atoms with Crippen LogP contribution in [-0.4, -0.2) is 45.3 Å². The van der Waals surface area contributed by atoms with E-state index < -0.39 is 12.2 Å². The molecular weight excluding hydrogens is 314 g/mol. The third-order valence-electron chi connectivity index (χ3n) is 6.88. The van der Waals surface area contributed by atoms with E-state index in [1.807, 2.05) is 13.0 Å². The summed E-state index contributed by atoms with van der Waals surface area (Å²) >= 11 is 6.29. The molecule has 2 N–H and O–H groups in total. The van der Waals surface area contributed by atoms with E-state index in [0.29, 0.717) is 16.5 Å². The molecule has 0 unspecified atom stereocenters. The number of hydrogen-bond acceptors (Lipinski definition) is 3. The van der Waals surface area contributed by atoms with E-state index in [1.54, 1.807) is 17.0 Å². The average molecular weight is 334 g/mol. The molecule has 0 radical (unpaired) electrons. The third kappa shape index (κ3) is 1.62. The highest BCUT2D eigenvalue weighted by Gasteiger charge is 2.70. The number of benzene rings is 1. The zero-order valence-corrected chi connectivity index (χ0v) is 13.6. The summed E-state index contributed by atoms with van der Waals surface area (Å²) in [4.78, 5) is 15.0. The van der Waals surface area contributed by atoms with Gasteiger partial charge in [-0.25, -0.2) is 0 Å². The molecular formula is C18H20ClNO3. The molecule has 4 aliphatic rings. The van der Waals surface area contributed by atoms with Crippen LogP contribution in [0.1, 0.15) is 28.8 Å². The first-order chi connectivity index (χ1) is 11.0. The van der Waals surface area contributed by atoms with Gasteiger partial charge in [-0.05, 0) is 61.1 Å². The Labute approximate surface area is 140 Å². The topological polar surface area (TPSA) is 60.8 Å². The molecule has 1 heterocycles. The summed E-state index contributed by atoms with van der Waals surface area (Å²) in [6.45, 7) is 1.94. The highest BCUT2D eigenvalue weighted by Crippen LogP contribution is 2.64. The Morgan fingerprint density at radius 2 is 1.96 bits per heavy atom. The molecule has 1 aromatic rings. The normalized spacial score (nSPS) is 46.0. The molecule has 4 bridgehead atoms. The van der Waals surface area contributed by atoms with Crippen molar-refractivity contribution >= 4 is 17.5 Å². The van der Waals surface area contributed by atoms with Gasteiger partial charge in [0.1, 0.15) is 0 Å². The molecule has 1 amide bonds. The van der Waals surface area contributed by atoms with Crippen molar-refractivity contribution in [1.29, 1.82) is 0 Å². The zero-order valence-electron chi connectivity index (χ0n) is 12.9. The van der Waals surface area contributed by atoms with Gasteiger partial charge in [-0.3, -0.25) is 4.79 Å². The highest BCUT2D eigenvalue weighted by atomic mass is 35.5. The summed E-state index contributed by atoms with van der Waals surface area (Å²) < 4.78 is 0. The van der Waals surface area contributed by atoms with E-state index in [-0.39, 0.29) is 35.7 Å². The molecule has 5 heteroatoms. The van der Waals surface area contributed by atoms with E-state index in [4.69, 9.17) is 11.6 Å². The summed E-state index contributed by atoms with van der Waals surface area (Å²) in [6, 6.07) is 5.11. The van der Waals surface area contributed by atoms with Crippen LogP contribution in [0.5, 0.6) is 0 Å². The van der Waals surface area contributed by atoms with Gasteiger partial charge in [-0.2, -0.15) is 0 Å². The van der Waals surface area contributed by atoms with Gasteiger partial charge in [0.15, 0.2) is 0 Å². The van der Waals surface area contributed by atoms with Crippen molar-refractivity contribution in [2.24, 2.45) is 23.7 Å². The Balaban J connectivity index is 1.58. The van der Waals surface area contributed by atoms with Crippen molar-refractivity contribution in [2.75, 3.05) is 0 Å². The molecule has 1 aliphatic heterocycles. The van der Waals surface area contributed by atoms with Crippen LogP contribution in [-0.2, 0) is 0 Å². The Bertz CT molecular complexity index is 708. The number of aryl methyl sites for hydroxylation is 1. The lowest BCUT2D eigenvalue weighted by atomic mass is 9.75. The Morgan fingerprint density at radius 1 is 1.17 bits per heavy atom. The monoisotopic (exact) mass is 333 g/mol. The van der Waals surface area contributed by atoms with Crippen LogP contribution >= 0.6 is 11.6 Å². The molecule has 4 fully saturated rings. The molecule has 1 saturated heterocycles. The molecule has 4 nitrogen and oxygen atoms in total. The number of rotatable bonds is 1. The lowest BCUT2D eigenvalue weighted by Crippen LogP contribution is -2.62. The van der Waals surface area contributed by atoms with E-state index in [2.05, 4.69) is 0 Å². The van der Waals surface area contributed by atoms with Crippen LogP contribution in [0.4, 0.5) is 0 Å². The number of fused-ring (bicyclic) bond motifs is 3. The van der Waals surface area contributed by atoms with Crippen molar-refractivity contribution in [1.82, 2.24) is 4.90 Å². The Kier molecular flexibility index (Phi) is 2.79. The lowest BCUT2D eigenvalue weighted by molar-refractivity contribution is -0.0836. The molecule has 122 valence electrons. The summed E-state index contributed by atoms with van der Waals surface area (Å²) in [5, 5.41) is 21.8. The number of carbonyl (C=O) groups is 1. The van der Waals surface area contributed by atoms with Gasteiger partial charge >= 0.3 is 0 Å². The maximum absolute atomic E-state index is 13.2. The summed E-state index contributed by atoms with van der Waals surface area (Å²) in [5.74, 6) is 0.992. The zero-order chi connectivity index (χ0) is 16.0. The van der Waals surface area contributed by atoms with E-state index in [1.165, 1.54) is 0 Å². The number of piperidine rings is 1. The number of aliphatic hydroxyl groups excluding tert-OH is 2. The number of halogens is 1. The first-order valence-electron chi connectivity index (χ1n) is 8.44. The summed E-state index contributed by atoms with van der Waals surface area (Å²) in [5.41, 5.74) is 1.48. The van der Waals surface area contributed by atoms with Crippen LogP contribution in [0.15, 0.2) is 18.2 Å². The lowest BCUT2D eigenvalue weighted by Gasteiger charge is -2.48. The largest absolute Gasteiger partial charge is 0.391 e. The number of nitrogens with zero attached hydrogens (tertiary/aromatic N) is 1. The Morgan fingerprint density at radius 3 is 2.70 bits per heavy atom. The molecule has 23 heavy (non-hydrogen) atoms. The van der Waals surface area contributed by atoms with Crippen molar-refractivity contribution in [2.45, 2.75) is 44.1 Å². The van der Waals surface area contributed by atoms with Gasteiger partial charge in [0, 0.05) is 0 Å². The minimum atomic E-state index is -0.452. The predicted molar refractivity (Wildman–Crippen MR) is 85.1 cm³/mol. The minimum Gasteiger partial charge on any atom is -0.391 e. The van der Waals surface area contributed by atoms with E-state index in [0.717, 1.165) is 18.4 Å². The second-order valence-corrected chi connectivity index (χ2v) is 8.18. The fourth-order valence-corrected chi connectivity index (χ4v) is 6.43. The van der Waals surface area contributed by atoms with Crippen LogP contribution in [0.2, 0.25) is 5.02 Å². The SMILES string of the molecule is Cc1ccc(C(=O)N2[C@@H]3[C@H](O)[C@@H]4C[C@H]3[C@H]3[C@H](O)[C@@H]2C[C@H]43)c(Cl)c1. The number of hydrogen-bond donors (Lipinski definition) is 2. The first kappa shape index (κ1) is 14.3. The van der Waals surface area contributed by atoms with Gasteiger partial charge in [0.25, 0.3) is 5.91 Å². The van der Waals surface area contributed by atoms with E-state index >= 15 is 0 Å². The number of amides is 1. The maximum atomic E-state index is 13.2. The minimum absolute atomic E-state index is 0.144. The number of likely N-dealkylation sites (tertiary alicyclic amines) is 1. The van der Waals surface area contributed by atoms with Crippen LogP contribution in [0.3, 0.4) is 0 Å². The highest BCUT2D eigenvalue weighted by molar-refractivity contribution is 6.33.